The number of oxime groups is 1. The Hall–Kier alpha value is -1.03. The highest BCUT2D eigenvalue weighted by Crippen LogP contribution is 2.37. The molecule has 4 heteroatoms. The number of hydrogen-bond acceptors (Lipinski definition) is 4. The van der Waals surface area contributed by atoms with Gasteiger partial charge in [0.1, 0.15) is 23.7 Å². The summed E-state index contributed by atoms with van der Waals surface area (Å²) in [5.41, 5.74) is 0.849. The van der Waals surface area contributed by atoms with E-state index in [2.05, 4.69) is 19.0 Å². The topological polar surface area (TPSA) is 30.8 Å². The van der Waals surface area contributed by atoms with E-state index in [0.29, 0.717) is 0 Å². The fourth-order valence-corrected chi connectivity index (χ4v) is 2.78. The maximum Gasteiger partial charge on any atom is 0.140 e. The predicted octanol–water partition coefficient (Wildman–Crippen LogP) is 3.44. The zero-order chi connectivity index (χ0) is 11.9. The third-order valence-corrected chi connectivity index (χ3v) is 4.00. The summed E-state index contributed by atoms with van der Waals surface area (Å²) in [6.07, 6.45) is 3.40. The van der Waals surface area contributed by atoms with Gasteiger partial charge in [0.25, 0.3) is 0 Å². The lowest BCUT2D eigenvalue weighted by atomic mass is 9.97. The van der Waals surface area contributed by atoms with E-state index < -0.39 is 0 Å². The van der Waals surface area contributed by atoms with Gasteiger partial charge in [0.05, 0.1) is 4.88 Å². The Bertz CT molecular complexity index is 446. The fraction of sp³-hybridized carbons (Fsp3) is 0.615. The van der Waals surface area contributed by atoms with E-state index in [4.69, 9.17) is 9.57 Å². The monoisotopic (exact) mass is 251 g/mol. The summed E-state index contributed by atoms with van der Waals surface area (Å²) in [6.45, 7) is 4.94. The van der Waals surface area contributed by atoms with Crippen LogP contribution in [0.3, 0.4) is 0 Å². The summed E-state index contributed by atoms with van der Waals surface area (Å²) < 4.78 is 5.90. The molecular weight excluding hydrogens is 234 g/mol. The van der Waals surface area contributed by atoms with Gasteiger partial charge in [-0.1, -0.05) is 5.16 Å². The van der Waals surface area contributed by atoms with E-state index in [0.717, 1.165) is 35.3 Å². The molecule has 1 aromatic heterocycles. The minimum absolute atomic E-state index is 0.185. The highest BCUT2D eigenvalue weighted by atomic mass is 32.1. The molecule has 1 saturated carbocycles. The molecule has 0 N–H and O–H groups in total. The lowest BCUT2D eigenvalue weighted by Gasteiger charge is -2.31. The van der Waals surface area contributed by atoms with Gasteiger partial charge in [0, 0.05) is 6.42 Å². The third-order valence-electron chi connectivity index (χ3n) is 3.05. The van der Waals surface area contributed by atoms with Crippen LogP contribution in [0.1, 0.15) is 38.0 Å². The normalized spacial score (nSPS) is 24.2. The van der Waals surface area contributed by atoms with E-state index in [-0.39, 0.29) is 5.60 Å². The minimum atomic E-state index is -0.185. The van der Waals surface area contributed by atoms with Crippen molar-refractivity contribution in [2.24, 2.45) is 11.1 Å². The molecule has 0 aromatic carbocycles. The van der Waals surface area contributed by atoms with Crippen LogP contribution in [0.5, 0.6) is 5.75 Å². The molecular formula is C13H17NO2S. The van der Waals surface area contributed by atoms with Gasteiger partial charge in [-0.05, 0) is 44.1 Å². The number of nitrogens with zero attached hydrogens (tertiary/aromatic N) is 1. The van der Waals surface area contributed by atoms with Gasteiger partial charge in [0.2, 0.25) is 0 Å². The zero-order valence-corrected chi connectivity index (χ0v) is 11.0. The van der Waals surface area contributed by atoms with Crippen LogP contribution in [-0.4, -0.2) is 17.9 Å². The van der Waals surface area contributed by atoms with Crippen LogP contribution in [0.25, 0.3) is 0 Å². The Kier molecular flexibility index (Phi) is 2.62. The van der Waals surface area contributed by atoms with Crippen LogP contribution in [0.2, 0.25) is 0 Å². The molecule has 2 aliphatic rings. The van der Waals surface area contributed by atoms with Gasteiger partial charge in [-0.15, -0.1) is 11.3 Å². The van der Waals surface area contributed by atoms with Crippen LogP contribution < -0.4 is 4.74 Å². The first-order valence-electron chi connectivity index (χ1n) is 6.10. The van der Waals surface area contributed by atoms with E-state index in [1.54, 1.807) is 11.3 Å². The first-order valence-corrected chi connectivity index (χ1v) is 6.98. The summed E-state index contributed by atoms with van der Waals surface area (Å²) in [6, 6.07) is 2.01. The molecule has 1 aliphatic carbocycles. The van der Waals surface area contributed by atoms with Crippen molar-refractivity contribution >= 4 is 17.0 Å². The molecule has 1 aromatic rings. The summed E-state index contributed by atoms with van der Waals surface area (Å²) in [5.74, 6) is 1.69. The lowest BCUT2D eigenvalue weighted by Crippen LogP contribution is -2.35. The lowest BCUT2D eigenvalue weighted by molar-refractivity contribution is 0.103. The van der Waals surface area contributed by atoms with Crippen molar-refractivity contribution in [3.63, 3.8) is 0 Å². The Morgan fingerprint density at radius 1 is 1.53 bits per heavy atom. The Morgan fingerprint density at radius 3 is 3.12 bits per heavy atom. The third kappa shape index (κ3) is 2.46. The maximum atomic E-state index is 5.90. The average molecular weight is 251 g/mol. The van der Waals surface area contributed by atoms with Crippen molar-refractivity contribution in [2.75, 3.05) is 6.61 Å². The highest BCUT2D eigenvalue weighted by Gasteiger charge is 2.32. The molecule has 0 radical (unpaired) electrons. The Labute approximate surface area is 105 Å². The van der Waals surface area contributed by atoms with Crippen molar-refractivity contribution in [3.05, 3.63) is 16.3 Å². The minimum Gasteiger partial charge on any atom is -0.486 e. The molecule has 3 rings (SSSR count). The molecule has 0 saturated heterocycles. The van der Waals surface area contributed by atoms with E-state index >= 15 is 0 Å². The number of ether oxygens (including phenoxy) is 1. The van der Waals surface area contributed by atoms with Crippen LogP contribution in [0.4, 0.5) is 0 Å². The number of hydrogen-bond donors (Lipinski definition) is 0. The van der Waals surface area contributed by atoms with Gasteiger partial charge in [-0.3, -0.25) is 0 Å². The zero-order valence-electron chi connectivity index (χ0n) is 10.2. The summed E-state index contributed by atoms with van der Waals surface area (Å²) in [7, 11) is 0. The van der Waals surface area contributed by atoms with Gasteiger partial charge < -0.3 is 9.57 Å². The van der Waals surface area contributed by atoms with Gasteiger partial charge in [-0.2, -0.15) is 0 Å². The molecule has 3 nitrogen and oxygen atoms in total. The maximum absolute atomic E-state index is 5.90. The Balaban J connectivity index is 1.78. The van der Waals surface area contributed by atoms with Gasteiger partial charge >= 0.3 is 0 Å². The summed E-state index contributed by atoms with van der Waals surface area (Å²) >= 11 is 1.67. The van der Waals surface area contributed by atoms with Crippen LogP contribution in [0.15, 0.2) is 16.6 Å². The molecule has 92 valence electrons. The smallest absolute Gasteiger partial charge is 0.140 e. The second kappa shape index (κ2) is 4.02. The van der Waals surface area contributed by atoms with E-state index in [1.165, 1.54) is 12.8 Å². The first kappa shape index (κ1) is 11.1. The Morgan fingerprint density at radius 2 is 2.35 bits per heavy atom. The molecule has 0 atom stereocenters. The van der Waals surface area contributed by atoms with Crippen molar-refractivity contribution in [3.8, 4) is 5.75 Å². The molecule has 1 aliphatic heterocycles. The van der Waals surface area contributed by atoms with Crippen LogP contribution in [0, 0.1) is 5.92 Å². The molecule has 0 spiro atoms. The van der Waals surface area contributed by atoms with Gasteiger partial charge in [-0.25, -0.2) is 0 Å². The first-order chi connectivity index (χ1) is 8.14. The molecule has 0 unspecified atom stereocenters. The number of thiophene rings is 1. The molecule has 0 amide bonds. The average Bonchev–Trinajstić information content (AvgIpc) is 2.94. The van der Waals surface area contributed by atoms with Crippen LogP contribution >= 0.6 is 11.3 Å². The largest absolute Gasteiger partial charge is 0.486 e. The standard InChI is InChI=1S/C13H17NO2S/c1-13(2)7-10(14-15-8-9-3-4-9)12-11(16-13)5-6-17-12/h5-6,9H,3-4,7-8H2,1-2H3/b14-10+. The second-order valence-corrected chi connectivity index (χ2v) is 6.35. The highest BCUT2D eigenvalue weighted by molar-refractivity contribution is 7.12. The second-order valence-electron chi connectivity index (χ2n) is 5.43. The van der Waals surface area contributed by atoms with E-state index in [1.807, 2.05) is 11.4 Å². The fourth-order valence-electron chi connectivity index (χ4n) is 1.98. The number of fused-ring (bicyclic) bond motifs is 1. The predicted molar refractivity (Wildman–Crippen MR) is 68.9 cm³/mol. The van der Waals surface area contributed by atoms with Crippen molar-refractivity contribution in [2.45, 2.75) is 38.7 Å². The van der Waals surface area contributed by atoms with Crippen molar-refractivity contribution in [1.82, 2.24) is 0 Å². The van der Waals surface area contributed by atoms with Crippen molar-refractivity contribution in [1.29, 1.82) is 0 Å². The van der Waals surface area contributed by atoms with Crippen LogP contribution in [-0.2, 0) is 4.84 Å². The van der Waals surface area contributed by atoms with Crippen molar-refractivity contribution < 1.29 is 9.57 Å². The SMILES string of the molecule is CC1(C)C/C(=N\OCC2CC2)c2sccc2O1. The quantitative estimate of drug-likeness (QED) is 0.770. The van der Waals surface area contributed by atoms with E-state index in [9.17, 15) is 0 Å². The molecule has 17 heavy (non-hydrogen) atoms. The summed E-state index contributed by atoms with van der Waals surface area (Å²) in [5, 5.41) is 6.36. The number of rotatable bonds is 3. The molecule has 2 heterocycles. The summed E-state index contributed by atoms with van der Waals surface area (Å²) in [4.78, 5) is 6.58. The molecule has 1 fully saturated rings. The van der Waals surface area contributed by atoms with Gasteiger partial charge in [0.15, 0.2) is 0 Å². The molecule has 0 bridgehead atoms.